The van der Waals surface area contributed by atoms with Gasteiger partial charge in [0.2, 0.25) is 0 Å². The van der Waals surface area contributed by atoms with Crippen molar-refractivity contribution >= 4 is 34.6 Å². The number of pyridine rings is 1. The van der Waals surface area contributed by atoms with E-state index in [0.29, 0.717) is 22.6 Å². The van der Waals surface area contributed by atoms with Crippen molar-refractivity contribution in [2.75, 3.05) is 29.6 Å². The Hall–Kier alpha value is -3.67. The molecule has 0 spiro atoms. The summed E-state index contributed by atoms with van der Waals surface area (Å²) in [5.74, 6) is 0.322. The summed E-state index contributed by atoms with van der Waals surface area (Å²) in [5.41, 5.74) is 3.70. The smallest absolute Gasteiger partial charge is 0.255 e. The van der Waals surface area contributed by atoms with Crippen LogP contribution in [0, 0.1) is 0 Å². The number of ketones is 1. The molecule has 28 heavy (non-hydrogen) atoms. The fraction of sp³-hybridized carbons (Fsp3) is 0.136. The summed E-state index contributed by atoms with van der Waals surface area (Å²) in [6.45, 7) is 1.51. The van der Waals surface area contributed by atoms with Gasteiger partial charge in [0, 0.05) is 48.5 Å². The van der Waals surface area contributed by atoms with Crippen LogP contribution in [0.3, 0.4) is 0 Å². The first-order valence-electron chi connectivity index (χ1n) is 8.85. The summed E-state index contributed by atoms with van der Waals surface area (Å²) in [5, 5.41) is 6.03. The Morgan fingerprint density at radius 1 is 0.857 bits per heavy atom. The van der Waals surface area contributed by atoms with E-state index in [0.717, 1.165) is 11.4 Å². The molecule has 1 aromatic heterocycles. The van der Waals surface area contributed by atoms with Gasteiger partial charge >= 0.3 is 0 Å². The van der Waals surface area contributed by atoms with E-state index < -0.39 is 0 Å². The lowest BCUT2D eigenvalue weighted by atomic mass is 10.1. The average molecular weight is 374 g/mol. The second-order valence-corrected chi connectivity index (χ2v) is 6.58. The highest BCUT2D eigenvalue weighted by Crippen LogP contribution is 2.20. The second kappa shape index (κ2) is 8.35. The summed E-state index contributed by atoms with van der Waals surface area (Å²) in [7, 11) is 3.97. The van der Waals surface area contributed by atoms with Gasteiger partial charge in [-0.25, -0.2) is 4.98 Å². The summed E-state index contributed by atoms with van der Waals surface area (Å²) >= 11 is 0. The van der Waals surface area contributed by atoms with Crippen LogP contribution in [0.2, 0.25) is 0 Å². The van der Waals surface area contributed by atoms with Gasteiger partial charge in [0.15, 0.2) is 5.78 Å². The van der Waals surface area contributed by atoms with Gasteiger partial charge in [-0.1, -0.05) is 0 Å². The minimum absolute atomic E-state index is 0.0126. The van der Waals surface area contributed by atoms with Crippen LogP contribution in [0.5, 0.6) is 0 Å². The molecule has 0 atom stereocenters. The van der Waals surface area contributed by atoms with E-state index in [9.17, 15) is 9.59 Å². The Morgan fingerprint density at radius 3 is 2.11 bits per heavy atom. The molecule has 0 saturated heterocycles. The summed E-state index contributed by atoms with van der Waals surface area (Å²) in [6.07, 6.45) is 1.59. The maximum absolute atomic E-state index is 12.5. The van der Waals surface area contributed by atoms with Crippen molar-refractivity contribution in [2.45, 2.75) is 6.92 Å². The normalized spacial score (nSPS) is 10.2. The molecule has 0 saturated carbocycles. The first kappa shape index (κ1) is 19.1. The predicted octanol–water partition coefficient (Wildman–Crippen LogP) is 4.35. The molecule has 0 bridgehead atoms. The minimum Gasteiger partial charge on any atom is -0.378 e. The van der Waals surface area contributed by atoms with E-state index in [-0.39, 0.29) is 11.7 Å². The Labute approximate surface area is 164 Å². The summed E-state index contributed by atoms with van der Waals surface area (Å²) < 4.78 is 0. The number of hydrogen-bond acceptors (Lipinski definition) is 5. The number of nitrogens with zero attached hydrogens (tertiary/aromatic N) is 2. The Kier molecular flexibility index (Phi) is 5.69. The van der Waals surface area contributed by atoms with E-state index in [4.69, 9.17) is 0 Å². The van der Waals surface area contributed by atoms with Gasteiger partial charge in [0.1, 0.15) is 5.82 Å². The average Bonchev–Trinajstić information content (AvgIpc) is 2.69. The van der Waals surface area contributed by atoms with Gasteiger partial charge in [-0.05, 0) is 67.6 Å². The van der Waals surface area contributed by atoms with Crippen LogP contribution in [0.25, 0.3) is 0 Å². The maximum Gasteiger partial charge on any atom is 0.255 e. The molecule has 0 aliphatic rings. The monoisotopic (exact) mass is 374 g/mol. The predicted molar refractivity (Wildman–Crippen MR) is 113 cm³/mol. The largest absolute Gasteiger partial charge is 0.378 e. The first-order valence-corrected chi connectivity index (χ1v) is 8.85. The Morgan fingerprint density at radius 2 is 1.50 bits per heavy atom. The fourth-order valence-corrected chi connectivity index (χ4v) is 2.62. The molecule has 2 N–H and O–H groups in total. The van der Waals surface area contributed by atoms with E-state index in [1.807, 2.05) is 43.3 Å². The number of nitrogens with one attached hydrogen (secondary N) is 2. The number of amides is 1. The topological polar surface area (TPSA) is 74.3 Å². The zero-order valence-electron chi connectivity index (χ0n) is 16.1. The van der Waals surface area contributed by atoms with Crippen LogP contribution in [0.1, 0.15) is 27.6 Å². The van der Waals surface area contributed by atoms with E-state index in [1.54, 1.807) is 42.6 Å². The highest BCUT2D eigenvalue weighted by atomic mass is 16.1. The molecular formula is C22H22N4O2. The number of aromatic nitrogens is 1. The van der Waals surface area contributed by atoms with E-state index >= 15 is 0 Å². The molecule has 0 fully saturated rings. The molecule has 142 valence electrons. The molecule has 6 heteroatoms. The van der Waals surface area contributed by atoms with Crippen LogP contribution in [-0.4, -0.2) is 30.8 Å². The number of rotatable bonds is 6. The third-order valence-corrected chi connectivity index (χ3v) is 4.23. The Bertz CT molecular complexity index is 980. The highest BCUT2D eigenvalue weighted by Gasteiger charge is 2.08. The van der Waals surface area contributed by atoms with Gasteiger partial charge in [-0.15, -0.1) is 0 Å². The molecule has 0 radical (unpaired) electrons. The van der Waals surface area contributed by atoms with Gasteiger partial charge < -0.3 is 15.5 Å². The van der Waals surface area contributed by atoms with Gasteiger partial charge in [-0.2, -0.15) is 0 Å². The highest BCUT2D eigenvalue weighted by molar-refractivity contribution is 6.05. The maximum atomic E-state index is 12.5. The summed E-state index contributed by atoms with van der Waals surface area (Å²) in [4.78, 5) is 30.2. The molecule has 6 nitrogen and oxygen atoms in total. The lowest BCUT2D eigenvalue weighted by Gasteiger charge is -2.13. The van der Waals surface area contributed by atoms with Crippen molar-refractivity contribution in [1.82, 2.24) is 4.98 Å². The zero-order valence-corrected chi connectivity index (χ0v) is 16.1. The molecule has 1 amide bonds. The molecule has 1 heterocycles. The number of benzene rings is 2. The molecule has 3 rings (SSSR count). The molecule has 0 aliphatic carbocycles. The van der Waals surface area contributed by atoms with Crippen molar-refractivity contribution in [1.29, 1.82) is 0 Å². The van der Waals surface area contributed by atoms with Crippen molar-refractivity contribution in [3.63, 3.8) is 0 Å². The third kappa shape index (κ3) is 4.73. The van der Waals surface area contributed by atoms with Crippen LogP contribution in [0.15, 0.2) is 66.9 Å². The number of Topliss-reactive ketones (excluding diaryl/α,β-unsaturated/α-hetero) is 1. The number of anilines is 4. The number of hydrogen-bond donors (Lipinski definition) is 2. The molecule has 0 aliphatic heterocycles. The zero-order chi connectivity index (χ0) is 20.1. The minimum atomic E-state index is -0.246. The number of carbonyl (C=O) groups excluding carboxylic acids is 2. The van der Waals surface area contributed by atoms with Crippen molar-refractivity contribution in [2.24, 2.45) is 0 Å². The second-order valence-electron chi connectivity index (χ2n) is 6.58. The molecular weight excluding hydrogens is 352 g/mol. The quantitative estimate of drug-likeness (QED) is 0.628. The van der Waals surface area contributed by atoms with Crippen LogP contribution >= 0.6 is 0 Å². The van der Waals surface area contributed by atoms with Crippen molar-refractivity contribution < 1.29 is 9.59 Å². The van der Waals surface area contributed by atoms with Crippen molar-refractivity contribution in [3.05, 3.63) is 78.0 Å². The van der Waals surface area contributed by atoms with Crippen LogP contribution in [-0.2, 0) is 0 Å². The molecule has 0 unspecified atom stereocenters. The third-order valence-electron chi connectivity index (χ3n) is 4.23. The SMILES string of the molecule is CC(=O)c1ccc(NC(=O)c2ccnc(Nc3ccc(N(C)C)cc3)c2)cc1. The fourth-order valence-electron chi connectivity index (χ4n) is 2.62. The molecule has 3 aromatic rings. The van der Waals surface area contributed by atoms with Crippen LogP contribution < -0.4 is 15.5 Å². The van der Waals surface area contributed by atoms with Gasteiger partial charge in [0.05, 0.1) is 0 Å². The Balaban J connectivity index is 1.69. The van der Waals surface area contributed by atoms with Crippen molar-refractivity contribution in [3.8, 4) is 0 Å². The summed E-state index contributed by atoms with van der Waals surface area (Å²) in [6, 6.07) is 18.1. The van der Waals surface area contributed by atoms with E-state index in [2.05, 4.69) is 15.6 Å². The van der Waals surface area contributed by atoms with Crippen LogP contribution in [0.4, 0.5) is 22.9 Å². The lowest BCUT2D eigenvalue weighted by molar-refractivity contribution is 0.101. The van der Waals surface area contributed by atoms with Gasteiger partial charge in [0.25, 0.3) is 5.91 Å². The standard InChI is InChI=1S/C22H22N4O2/c1-15(27)16-4-6-19(7-5-16)25-22(28)17-12-13-23-21(14-17)24-18-8-10-20(11-9-18)26(2)3/h4-14H,1-3H3,(H,23,24)(H,25,28). The lowest BCUT2D eigenvalue weighted by Crippen LogP contribution is -2.12. The van der Waals surface area contributed by atoms with Gasteiger partial charge in [-0.3, -0.25) is 9.59 Å². The molecule has 2 aromatic carbocycles. The first-order chi connectivity index (χ1) is 13.4. The number of carbonyl (C=O) groups is 2. The van der Waals surface area contributed by atoms with E-state index in [1.165, 1.54) is 6.92 Å².